The lowest BCUT2D eigenvalue weighted by Gasteiger charge is -2.43. The van der Waals surface area contributed by atoms with E-state index in [2.05, 4.69) is 14.5 Å². The molecule has 152 valence electrons. The van der Waals surface area contributed by atoms with Crippen LogP contribution in [0.4, 0.5) is 0 Å². The molecule has 0 radical (unpaired) electrons. The number of esters is 3. The summed E-state index contributed by atoms with van der Waals surface area (Å²) in [6.07, 6.45) is -7.90. The van der Waals surface area contributed by atoms with E-state index >= 15 is 0 Å². The lowest BCUT2D eigenvalue weighted by molar-refractivity contribution is -0.284. The molecule has 5 atom stereocenters. The number of nitrogens with zero attached hydrogens (tertiary/aromatic N) is 3. The van der Waals surface area contributed by atoms with Gasteiger partial charge in [-0.15, -0.1) is 0 Å². The van der Waals surface area contributed by atoms with E-state index in [1.807, 2.05) is 0 Å². The fourth-order valence-electron chi connectivity index (χ4n) is 2.34. The Bertz CT molecular complexity index is 674. The van der Waals surface area contributed by atoms with E-state index in [0.29, 0.717) is 0 Å². The topological polar surface area (TPSA) is 204 Å². The van der Waals surface area contributed by atoms with Crippen LogP contribution >= 0.6 is 7.82 Å². The van der Waals surface area contributed by atoms with Crippen LogP contribution in [0.1, 0.15) is 20.8 Å². The molecule has 1 aliphatic rings. The molecule has 0 spiro atoms. The lowest BCUT2D eigenvalue weighted by atomic mass is 9.98. The quantitative estimate of drug-likeness (QED) is 0.142. The van der Waals surface area contributed by atoms with Gasteiger partial charge in [-0.2, -0.15) is 0 Å². The van der Waals surface area contributed by atoms with E-state index < -0.39 is 63.0 Å². The standard InChI is InChI=1S/C12H18N3O11P/c1-5(16)22-9-8(4-14-15-13)25-12(26-27(19,20)21)11(24-7(3)18)10(9)23-6(2)17/h8-12H,4H2,1-3H3,(H2,19,20,21). The van der Waals surface area contributed by atoms with Crippen LogP contribution in [0.25, 0.3) is 10.4 Å². The molecule has 0 aromatic heterocycles. The zero-order valence-electron chi connectivity index (χ0n) is 14.5. The Hall–Kier alpha value is -2.21. The maximum atomic E-state index is 11.5. The first-order valence-corrected chi connectivity index (χ1v) is 8.89. The predicted molar refractivity (Wildman–Crippen MR) is 82.5 cm³/mol. The second-order valence-electron chi connectivity index (χ2n) is 5.27. The first-order chi connectivity index (χ1) is 12.4. The molecule has 1 saturated heterocycles. The van der Waals surface area contributed by atoms with Crippen LogP contribution in [0, 0.1) is 0 Å². The Kier molecular flexibility index (Phi) is 8.16. The van der Waals surface area contributed by atoms with Gasteiger partial charge < -0.3 is 28.7 Å². The first kappa shape index (κ1) is 22.8. The fraction of sp³-hybridized carbons (Fsp3) is 0.750. The molecule has 0 aromatic carbocycles. The van der Waals surface area contributed by atoms with E-state index in [1.54, 1.807) is 0 Å². The second kappa shape index (κ2) is 9.65. The third-order valence-electron chi connectivity index (χ3n) is 3.06. The smallest absolute Gasteiger partial charge is 0.456 e. The number of hydrogen-bond acceptors (Lipinski definition) is 10. The summed E-state index contributed by atoms with van der Waals surface area (Å²) in [4.78, 5) is 54.9. The molecular weight excluding hydrogens is 393 g/mol. The van der Waals surface area contributed by atoms with Crippen molar-refractivity contribution in [1.29, 1.82) is 0 Å². The van der Waals surface area contributed by atoms with E-state index in [9.17, 15) is 18.9 Å². The molecule has 27 heavy (non-hydrogen) atoms. The van der Waals surface area contributed by atoms with Crippen LogP contribution in [-0.2, 0) is 42.4 Å². The average molecular weight is 411 g/mol. The Labute approximate surface area is 152 Å². The summed E-state index contributed by atoms with van der Waals surface area (Å²) in [6, 6.07) is 0. The number of rotatable bonds is 7. The minimum absolute atomic E-state index is 0.472. The summed E-state index contributed by atoms with van der Waals surface area (Å²) >= 11 is 0. The third kappa shape index (κ3) is 7.51. The zero-order chi connectivity index (χ0) is 20.8. The molecule has 1 fully saturated rings. The number of ether oxygens (including phenoxy) is 4. The predicted octanol–water partition coefficient (Wildman–Crippen LogP) is -0.0740. The third-order valence-corrected chi connectivity index (χ3v) is 3.55. The van der Waals surface area contributed by atoms with Crippen LogP contribution in [0.3, 0.4) is 0 Å². The van der Waals surface area contributed by atoms with Crippen LogP contribution in [-0.4, -0.2) is 64.9 Å². The SMILES string of the molecule is CC(=O)OC1C(CN=[N+]=[N-])OC(OP(=O)(O)O)C(OC(C)=O)C1OC(C)=O. The summed E-state index contributed by atoms with van der Waals surface area (Å²) in [5.41, 5.74) is 8.48. The van der Waals surface area contributed by atoms with E-state index in [-0.39, 0.29) is 0 Å². The van der Waals surface area contributed by atoms with Gasteiger partial charge in [0.15, 0.2) is 18.3 Å². The van der Waals surface area contributed by atoms with Gasteiger partial charge in [-0.3, -0.25) is 18.9 Å². The summed E-state index contributed by atoms with van der Waals surface area (Å²) in [7, 11) is -5.14. The van der Waals surface area contributed by atoms with Crippen LogP contribution < -0.4 is 0 Å². The number of carbonyl (C=O) groups excluding carboxylic acids is 3. The average Bonchev–Trinajstić information content (AvgIpc) is 2.48. The molecule has 1 heterocycles. The van der Waals surface area contributed by atoms with Gasteiger partial charge in [-0.25, -0.2) is 4.57 Å². The van der Waals surface area contributed by atoms with E-state index in [1.165, 1.54) is 0 Å². The molecule has 15 heteroatoms. The van der Waals surface area contributed by atoms with Gasteiger partial charge in [0.25, 0.3) is 0 Å². The van der Waals surface area contributed by atoms with Crippen molar-refractivity contribution in [3.63, 3.8) is 0 Å². The van der Waals surface area contributed by atoms with Crippen LogP contribution in [0.2, 0.25) is 0 Å². The highest BCUT2D eigenvalue weighted by molar-refractivity contribution is 7.46. The van der Waals surface area contributed by atoms with Gasteiger partial charge in [0.1, 0.15) is 6.10 Å². The normalized spacial score (nSPS) is 27.8. The van der Waals surface area contributed by atoms with Gasteiger partial charge in [-0.1, -0.05) is 5.11 Å². The van der Waals surface area contributed by atoms with Crippen LogP contribution in [0.5, 0.6) is 0 Å². The molecule has 5 unspecified atom stereocenters. The van der Waals surface area contributed by atoms with Crippen molar-refractivity contribution in [3.8, 4) is 0 Å². The maximum Gasteiger partial charge on any atom is 0.472 e. The van der Waals surface area contributed by atoms with Gasteiger partial charge in [0.05, 0.1) is 6.54 Å². The van der Waals surface area contributed by atoms with Crippen molar-refractivity contribution >= 4 is 25.7 Å². The molecule has 0 bridgehead atoms. The summed E-state index contributed by atoms with van der Waals surface area (Å²) in [6.45, 7) is 2.55. The van der Waals surface area contributed by atoms with Gasteiger partial charge in [0, 0.05) is 25.7 Å². The molecule has 14 nitrogen and oxygen atoms in total. The van der Waals surface area contributed by atoms with Crippen molar-refractivity contribution in [3.05, 3.63) is 10.4 Å². The minimum Gasteiger partial charge on any atom is -0.456 e. The highest BCUT2D eigenvalue weighted by Crippen LogP contribution is 2.42. The Morgan fingerprint density at radius 3 is 1.96 bits per heavy atom. The number of hydrogen-bond donors (Lipinski definition) is 2. The monoisotopic (exact) mass is 411 g/mol. The minimum atomic E-state index is -5.14. The Morgan fingerprint density at radius 1 is 1.04 bits per heavy atom. The largest absolute Gasteiger partial charge is 0.472 e. The Balaban J connectivity index is 3.37. The van der Waals surface area contributed by atoms with Crippen LogP contribution in [0.15, 0.2) is 5.11 Å². The highest BCUT2D eigenvalue weighted by Gasteiger charge is 2.53. The number of phosphoric ester groups is 1. The highest BCUT2D eigenvalue weighted by atomic mass is 31.2. The molecule has 0 saturated carbocycles. The van der Waals surface area contributed by atoms with Crippen molar-refractivity contribution in [2.24, 2.45) is 5.11 Å². The fourth-order valence-corrected chi connectivity index (χ4v) is 2.78. The molecule has 1 aliphatic heterocycles. The molecule has 0 aliphatic carbocycles. The summed E-state index contributed by atoms with van der Waals surface area (Å²) in [5, 5.41) is 3.25. The number of azide groups is 1. The van der Waals surface area contributed by atoms with Gasteiger partial charge in [-0.05, 0) is 5.53 Å². The maximum absolute atomic E-state index is 11.5. The summed E-state index contributed by atoms with van der Waals surface area (Å²) < 4.78 is 36.0. The van der Waals surface area contributed by atoms with Crippen molar-refractivity contribution in [1.82, 2.24) is 0 Å². The van der Waals surface area contributed by atoms with Gasteiger partial charge in [0.2, 0.25) is 6.29 Å². The number of phosphoric acid groups is 1. The summed E-state index contributed by atoms with van der Waals surface area (Å²) in [5.74, 6) is -2.63. The zero-order valence-corrected chi connectivity index (χ0v) is 15.3. The molecule has 0 aromatic rings. The molecule has 1 rings (SSSR count). The van der Waals surface area contributed by atoms with Gasteiger partial charge >= 0.3 is 25.7 Å². The lowest BCUT2D eigenvalue weighted by Crippen LogP contribution is -2.62. The first-order valence-electron chi connectivity index (χ1n) is 7.36. The second-order valence-corrected chi connectivity index (χ2v) is 6.47. The molecular formula is C12H18N3O11P. The van der Waals surface area contributed by atoms with Crippen molar-refractivity contribution < 1.29 is 52.2 Å². The molecule has 0 amide bonds. The van der Waals surface area contributed by atoms with E-state index in [0.717, 1.165) is 20.8 Å². The molecule has 2 N–H and O–H groups in total. The number of carbonyl (C=O) groups is 3. The van der Waals surface area contributed by atoms with E-state index in [4.69, 9.17) is 34.3 Å². The van der Waals surface area contributed by atoms with Crippen molar-refractivity contribution in [2.75, 3.05) is 6.54 Å². The Morgan fingerprint density at radius 2 is 1.52 bits per heavy atom. The van der Waals surface area contributed by atoms with Crippen molar-refractivity contribution in [2.45, 2.75) is 51.5 Å².